The smallest absolute Gasteiger partial charge is 0.311 e. The van der Waals surface area contributed by atoms with Crippen molar-refractivity contribution in [2.75, 3.05) is 11.9 Å². The van der Waals surface area contributed by atoms with Crippen LogP contribution in [0.2, 0.25) is 5.02 Å². The molecule has 1 amide bonds. The third-order valence-corrected chi connectivity index (χ3v) is 7.87. The van der Waals surface area contributed by atoms with Crippen molar-refractivity contribution in [2.24, 2.45) is 0 Å². The molecule has 1 N–H and O–H groups in total. The van der Waals surface area contributed by atoms with Crippen LogP contribution in [0.3, 0.4) is 0 Å². The first-order valence-electron chi connectivity index (χ1n) is 10.7. The summed E-state index contributed by atoms with van der Waals surface area (Å²) < 4.78 is 33.0. The third-order valence-electron chi connectivity index (χ3n) is 5.10. The number of carbonyl (C=O) groups excluding carboxylic acids is 2. The van der Waals surface area contributed by atoms with Gasteiger partial charge in [-0.25, -0.2) is 13.4 Å². The van der Waals surface area contributed by atoms with Crippen molar-refractivity contribution in [3.63, 3.8) is 0 Å². The fourth-order valence-corrected chi connectivity index (χ4v) is 6.02. The van der Waals surface area contributed by atoms with Gasteiger partial charge >= 0.3 is 5.97 Å². The summed E-state index contributed by atoms with van der Waals surface area (Å²) in [7, 11) is -3.69. The molecule has 2 aromatic heterocycles. The minimum absolute atomic E-state index is 0.0251. The Bertz CT molecular complexity index is 1480. The van der Waals surface area contributed by atoms with Crippen molar-refractivity contribution in [3.8, 4) is 0 Å². The summed E-state index contributed by atoms with van der Waals surface area (Å²) in [5.74, 6) is -0.946. The van der Waals surface area contributed by atoms with E-state index in [2.05, 4.69) is 10.3 Å². The van der Waals surface area contributed by atoms with E-state index in [4.69, 9.17) is 16.3 Å². The molecule has 4 rings (SSSR count). The zero-order valence-corrected chi connectivity index (χ0v) is 21.1. The van der Waals surface area contributed by atoms with Gasteiger partial charge in [-0.15, -0.1) is 11.3 Å². The van der Waals surface area contributed by atoms with Crippen LogP contribution >= 0.6 is 22.9 Å². The van der Waals surface area contributed by atoms with E-state index < -0.39 is 9.84 Å². The Morgan fingerprint density at radius 2 is 1.89 bits per heavy atom. The predicted molar refractivity (Wildman–Crippen MR) is 135 cm³/mol. The normalized spacial score (nSPS) is 11.5. The van der Waals surface area contributed by atoms with Crippen LogP contribution in [0.4, 0.5) is 5.13 Å². The first kappa shape index (κ1) is 24.9. The summed E-state index contributed by atoms with van der Waals surface area (Å²) in [6.45, 7) is 1.91. The molecule has 0 aliphatic rings. The van der Waals surface area contributed by atoms with E-state index in [1.54, 1.807) is 65.4 Å². The molecule has 0 bridgehead atoms. The first-order valence-corrected chi connectivity index (χ1v) is 13.6. The molecule has 0 saturated heterocycles. The van der Waals surface area contributed by atoms with Gasteiger partial charge in [0.2, 0.25) is 5.91 Å². The summed E-state index contributed by atoms with van der Waals surface area (Å²) >= 11 is 7.11. The summed E-state index contributed by atoms with van der Waals surface area (Å²) in [6, 6.07) is 13.7. The van der Waals surface area contributed by atoms with Crippen LogP contribution in [0.15, 0.2) is 65.0 Å². The van der Waals surface area contributed by atoms with Crippen molar-refractivity contribution in [3.05, 3.63) is 76.4 Å². The van der Waals surface area contributed by atoms with Crippen molar-refractivity contribution in [1.82, 2.24) is 9.55 Å². The van der Waals surface area contributed by atoms with Gasteiger partial charge in [-0.3, -0.25) is 9.59 Å². The van der Waals surface area contributed by atoms with Crippen molar-refractivity contribution < 1.29 is 22.7 Å². The highest BCUT2D eigenvalue weighted by Crippen LogP contribution is 2.28. The van der Waals surface area contributed by atoms with E-state index >= 15 is 0 Å². The highest BCUT2D eigenvalue weighted by Gasteiger charge is 2.22. The number of ether oxygens (including phenoxy) is 1. The van der Waals surface area contributed by atoms with Crippen LogP contribution in [0.1, 0.15) is 18.2 Å². The number of fused-ring (bicyclic) bond motifs is 1. The zero-order chi connectivity index (χ0) is 25.0. The number of aromatic nitrogens is 2. The number of nitrogens with one attached hydrogen (secondary N) is 1. The number of sulfone groups is 1. The average molecular weight is 532 g/mol. The molecule has 0 aliphatic heterocycles. The summed E-state index contributed by atoms with van der Waals surface area (Å²) in [5, 5.41) is 5.81. The highest BCUT2D eigenvalue weighted by molar-refractivity contribution is 7.90. The molecule has 0 radical (unpaired) electrons. The van der Waals surface area contributed by atoms with Crippen molar-refractivity contribution in [2.45, 2.75) is 30.5 Å². The number of rotatable bonds is 9. The number of hydrogen-bond donors (Lipinski definition) is 1. The Morgan fingerprint density at radius 3 is 2.63 bits per heavy atom. The molecule has 182 valence electrons. The lowest BCUT2D eigenvalue weighted by Gasteiger charge is -2.05. The monoisotopic (exact) mass is 531 g/mol. The SMILES string of the molecule is CCOC(=O)Cc1csc(NC(=O)Cn2cc(S(=O)(=O)Cc3ccc(Cl)cc3)c3ccccc32)n1. The maximum atomic E-state index is 13.2. The molecule has 4 aromatic rings. The van der Waals surface area contributed by atoms with Gasteiger partial charge in [0.25, 0.3) is 0 Å². The minimum Gasteiger partial charge on any atom is -0.466 e. The molecule has 0 aliphatic carbocycles. The lowest BCUT2D eigenvalue weighted by molar-refractivity contribution is -0.142. The second-order valence-corrected chi connectivity index (χ2v) is 11.0. The van der Waals surface area contributed by atoms with Crippen molar-refractivity contribution >= 4 is 60.7 Å². The number of hydrogen-bond acceptors (Lipinski definition) is 7. The highest BCUT2D eigenvalue weighted by atomic mass is 35.5. The van der Waals surface area contributed by atoms with Gasteiger partial charge in [-0.1, -0.05) is 41.9 Å². The van der Waals surface area contributed by atoms with E-state index in [1.807, 2.05) is 0 Å². The quantitative estimate of drug-likeness (QED) is 0.319. The maximum Gasteiger partial charge on any atom is 0.311 e. The second kappa shape index (κ2) is 10.6. The van der Waals surface area contributed by atoms with E-state index in [-0.39, 0.29) is 42.1 Å². The topological polar surface area (TPSA) is 107 Å². The predicted octanol–water partition coefficient (Wildman–Crippen LogP) is 4.47. The molecule has 0 atom stereocenters. The maximum absolute atomic E-state index is 13.2. The minimum atomic E-state index is -3.69. The molecule has 0 saturated carbocycles. The zero-order valence-electron chi connectivity index (χ0n) is 18.7. The van der Waals surface area contributed by atoms with Gasteiger partial charge < -0.3 is 14.6 Å². The van der Waals surface area contributed by atoms with Crippen molar-refractivity contribution in [1.29, 1.82) is 0 Å². The van der Waals surface area contributed by atoms with Gasteiger partial charge in [0.1, 0.15) is 6.54 Å². The van der Waals surface area contributed by atoms with Gasteiger partial charge in [-0.05, 0) is 30.7 Å². The van der Waals surface area contributed by atoms with E-state index in [0.29, 0.717) is 32.3 Å². The molecular formula is C24H22ClN3O5S2. The van der Waals surface area contributed by atoms with Gasteiger partial charge in [0, 0.05) is 27.5 Å². The molecular weight excluding hydrogens is 510 g/mol. The number of carbonyl (C=O) groups is 2. The molecule has 35 heavy (non-hydrogen) atoms. The second-order valence-electron chi connectivity index (χ2n) is 7.70. The standard InChI is InChI=1S/C24H22ClN3O5S2/c1-2-33-23(30)11-18-14-34-24(26-18)27-22(29)13-28-12-21(19-5-3-4-6-20(19)28)35(31,32)15-16-7-9-17(25)10-8-16/h3-10,12,14H,2,11,13,15H2,1H3,(H,26,27,29). The first-order chi connectivity index (χ1) is 16.7. The fraction of sp³-hybridized carbons (Fsp3) is 0.208. The van der Waals surface area contributed by atoms with Crippen LogP contribution in [0.25, 0.3) is 10.9 Å². The van der Waals surface area contributed by atoms with Crippen LogP contribution in [0, 0.1) is 0 Å². The molecule has 0 unspecified atom stereocenters. The number of halogens is 1. The Hall–Kier alpha value is -3.21. The number of anilines is 1. The molecule has 2 heterocycles. The Balaban J connectivity index is 1.52. The van der Waals surface area contributed by atoms with E-state index in [0.717, 1.165) is 0 Å². The lowest BCUT2D eigenvalue weighted by atomic mass is 10.2. The number of esters is 1. The third kappa shape index (κ3) is 6.08. The summed E-state index contributed by atoms with van der Waals surface area (Å²) in [4.78, 5) is 28.7. The lowest BCUT2D eigenvalue weighted by Crippen LogP contribution is -2.18. The van der Waals surface area contributed by atoms with Crippen LogP contribution in [-0.4, -0.2) is 36.5 Å². The number of thiazole rings is 1. The van der Waals surface area contributed by atoms with Crippen LogP contribution in [0.5, 0.6) is 0 Å². The molecule has 11 heteroatoms. The Kier molecular flexibility index (Phi) is 7.54. The Morgan fingerprint density at radius 1 is 1.14 bits per heavy atom. The van der Waals surface area contributed by atoms with E-state index in [9.17, 15) is 18.0 Å². The molecule has 8 nitrogen and oxygen atoms in total. The number of nitrogens with zero attached hydrogens (tertiary/aromatic N) is 2. The van der Waals surface area contributed by atoms with E-state index in [1.165, 1.54) is 17.5 Å². The van der Waals surface area contributed by atoms with Crippen LogP contribution in [-0.2, 0) is 42.9 Å². The number of benzene rings is 2. The molecule has 0 fully saturated rings. The van der Waals surface area contributed by atoms with Gasteiger partial charge in [0.15, 0.2) is 15.0 Å². The number of amides is 1. The average Bonchev–Trinajstić information content (AvgIpc) is 3.40. The largest absolute Gasteiger partial charge is 0.466 e. The molecule has 2 aromatic carbocycles. The van der Waals surface area contributed by atoms with Gasteiger partial charge in [0.05, 0.1) is 29.4 Å². The Labute approximate surface area is 211 Å². The molecule has 0 spiro atoms. The van der Waals surface area contributed by atoms with Crippen LogP contribution < -0.4 is 5.32 Å². The number of para-hydroxylation sites is 1. The summed E-state index contributed by atoms with van der Waals surface area (Å²) in [5.41, 5.74) is 1.75. The fourth-order valence-electron chi connectivity index (χ4n) is 3.59. The summed E-state index contributed by atoms with van der Waals surface area (Å²) in [6.07, 6.45) is 1.51. The van der Waals surface area contributed by atoms with Gasteiger partial charge in [-0.2, -0.15) is 0 Å².